The molecular formula is C24H38N4O3. The van der Waals surface area contributed by atoms with Gasteiger partial charge in [-0.1, -0.05) is 30.3 Å². The highest BCUT2D eigenvalue weighted by Crippen LogP contribution is 2.48. The van der Waals surface area contributed by atoms with Gasteiger partial charge in [-0.3, -0.25) is 9.69 Å². The van der Waals surface area contributed by atoms with Crippen molar-refractivity contribution >= 4 is 11.9 Å². The number of nitrogens with one attached hydrogen (secondary N) is 1. The number of carbonyl (C=O) groups is 2. The maximum atomic E-state index is 13.3. The zero-order valence-corrected chi connectivity index (χ0v) is 19.5. The molecule has 0 radical (unpaired) electrons. The lowest BCUT2D eigenvalue weighted by atomic mass is 9.68. The zero-order valence-electron chi connectivity index (χ0n) is 19.5. The van der Waals surface area contributed by atoms with Gasteiger partial charge in [-0.25, -0.2) is 4.79 Å². The van der Waals surface area contributed by atoms with Gasteiger partial charge in [0.15, 0.2) is 0 Å². The quantitative estimate of drug-likeness (QED) is 0.654. The number of nitrogens with zero attached hydrogens (tertiary/aromatic N) is 3. The number of urea groups is 1. The van der Waals surface area contributed by atoms with E-state index in [1.54, 1.807) is 7.11 Å². The highest BCUT2D eigenvalue weighted by Gasteiger charge is 2.54. The minimum atomic E-state index is -0.189. The fourth-order valence-corrected chi connectivity index (χ4v) is 5.39. The molecule has 31 heavy (non-hydrogen) atoms. The molecule has 1 saturated heterocycles. The Kier molecular flexibility index (Phi) is 7.59. The number of ether oxygens (including phenoxy) is 1. The van der Waals surface area contributed by atoms with Crippen LogP contribution in [0, 0.1) is 0 Å². The molecule has 172 valence electrons. The summed E-state index contributed by atoms with van der Waals surface area (Å²) >= 11 is 0. The predicted octanol–water partition coefficient (Wildman–Crippen LogP) is 2.67. The van der Waals surface area contributed by atoms with Crippen molar-refractivity contribution in [1.82, 2.24) is 20.0 Å². The molecule has 1 aliphatic heterocycles. The lowest BCUT2D eigenvalue weighted by molar-refractivity contribution is -0.121. The summed E-state index contributed by atoms with van der Waals surface area (Å²) < 4.78 is 5.32. The number of hydrogen-bond acceptors (Lipinski definition) is 4. The van der Waals surface area contributed by atoms with E-state index in [4.69, 9.17) is 4.74 Å². The van der Waals surface area contributed by atoms with Crippen molar-refractivity contribution in [3.63, 3.8) is 0 Å². The molecule has 1 aromatic rings. The first-order chi connectivity index (χ1) is 14.9. The molecule has 1 N–H and O–H groups in total. The Bertz CT molecular complexity index is 744. The van der Waals surface area contributed by atoms with Crippen molar-refractivity contribution in [2.75, 3.05) is 54.0 Å². The van der Waals surface area contributed by atoms with Crippen LogP contribution in [0.25, 0.3) is 0 Å². The van der Waals surface area contributed by atoms with Crippen LogP contribution in [0.4, 0.5) is 4.79 Å². The lowest BCUT2D eigenvalue weighted by Crippen LogP contribution is -2.56. The molecule has 2 fully saturated rings. The molecule has 0 bridgehead atoms. The fraction of sp³-hybridized carbons (Fsp3) is 0.667. The molecule has 3 amide bonds. The third kappa shape index (κ3) is 4.72. The Morgan fingerprint density at radius 3 is 2.39 bits per heavy atom. The summed E-state index contributed by atoms with van der Waals surface area (Å²) in [5.41, 5.74) is 1.14. The smallest absolute Gasteiger partial charge is 0.320 e. The van der Waals surface area contributed by atoms with Crippen LogP contribution < -0.4 is 5.32 Å². The average molecular weight is 431 g/mol. The largest absolute Gasteiger partial charge is 0.383 e. The summed E-state index contributed by atoms with van der Waals surface area (Å²) in [6, 6.07) is 10.8. The minimum absolute atomic E-state index is 0.000891. The van der Waals surface area contributed by atoms with Gasteiger partial charge in [-0.2, -0.15) is 0 Å². The summed E-state index contributed by atoms with van der Waals surface area (Å²) in [5.74, 6) is -0.000891. The molecule has 1 aliphatic carbocycles. The second-order valence-electron chi connectivity index (χ2n) is 9.07. The van der Waals surface area contributed by atoms with Crippen LogP contribution in [-0.2, 0) is 15.1 Å². The van der Waals surface area contributed by atoms with E-state index in [0.29, 0.717) is 39.2 Å². The molecule has 3 rings (SSSR count). The Morgan fingerprint density at radius 2 is 1.81 bits per heavy atom. The maximum Gasteiger partial charge on any atom is 0.320 e. The van der Waals surface area contributed by atoms with E-state index in [1.807, 2.05) is 16.7 Å². The topological polar surface area (TPSA) is 65.1 Å². The van der Waals surface area contributed by atoms with E-state index in [2.05, 4.69) is 54.6 Å². The maximum absolute atomic E-state index is 13.3. The second-order valence-corrected chi connectivity index (χ2v) is 9.07. The van der Waals surface area contributed by atoms with Crippen molar-refractivity contribution in [2.45, 2.75) is 50.1 Å². The molecule has 1 saturated carbocycles. The second kappa shape index (κ2) is 10.0. The standard InChI is InChI=1S/C24H38N4O3/c1-5-25-21(29)11-16-27-19-23(28(22(27)30)17-18-31-4)12-14-24(15-13-23,26(2)3)20-9-7-6-8-10-20/h6-10H,5,11-19H2,1-4H3,(H,25,29)/t23-,24+. The molecule has 0 unspecified atom stereocenters. The third-order valence-electron chi connectivity index (χ3n) is 7.24. The predicted molar refractivity (Wildman–Crippen MR) is 122 cm³/mol. The molecule has 2 aliphatic rings. The monoisotopic (exact) mass is 430 g/mol. The van der Waals surface area contributed by atoms with E-state index in [1.165, 1.54) is 5.56 Å². The zero-order chi connectivity index (χ0) is 22.5. The summed E-state index contributed by atoms with van der Waals surface area (Å²) in [6.07, 6.45) is 4.20. The normalized spacial score (nSPS) is 26.2. The van der Waals surface area contributed by atoms with Crippen molar-refractivity contribution in [1.29, 1.82) is 0 Å². The summed E-state index contributed by atoms with van der Waals surface area (Å²) in [7, 11) is 5.99. The number of benzene rings is 1. The van der Waals surface area contributed by atoms with Crippen LogP contribution in [0.2, 0.25) is 0 Å². The van der Waals surface area contributed by atoms with E-state index >= 15 is 0 Å². The van der Waals surface area contributed by atoms with Gasteiger partial charge in [0.1, 0.15) is 0 Å². The molecule has 7 heteroatoms. The van der Waals surface area contributed by atoms with Crippen LogP contribution in [-0.4, -0.2) is 86.2 Å². The Morgan fingerprint density at radius 1 is 1.13 bits per heavy atom. The van der Waals surface area contributed by atoms with Gasteiger partial charge >= 0.3 is 6.03 Å². The first-order valence-electron chi connectivity index (χ1n) is 11.4. The van der Waals surface area contributed by atoms with Crippen LogP contribution in [0.15, 0.2) is 30.3 Å². The Balaban J connectivity index is 1.78. The van der Waals surface area contributed by atoms with Gasteiger partial charge in [-0.15, -0.1) is 0 Å². The summed E-state index contributed by atoms with van der Waals surface area (Å²) in [4.78, 5) is 31.5. The first-order valence-corrected chi connectivity index (χ1v) is 11.4. The highest BCUT2D eigenvalue weighted by atomic mass is 16.5. The fourth-order valence-electron chi connectivity index (χ4n) is 5.39. The van der Waals surface area contributed by atoms with Crippen molar-refractivity contribution < 1.29 is 14.3 Å². The molecule has 1 aromatic carbocycles. The number of hydrogen-bond donors (Lipinski definition) is 1. The molecule has 0 atom stereocenters. The molecule has 0 aromatic heterocycles. The van der Waals surface area contributed by atoms with Crippen LogP contribution in [0.5, 0.6) is 0 Å². The molecule has 7 nitrogen and oxygen atoms in total. The third-order valence-corrected chi connectivity index (χ3v) is 7.24. The van der Waals surface area contributed by atoms with Crippen LogP contribution >= 0.6 is 0 Å². The SMILES string of the molecule is CCNC(=O)CCN1C[C@]2(CC[C@](c3ccccc3)(N(C)C)CC2)N(CCOC)C1=O. The minimum Gasteiger partial charge on any atom is -0.383 e. The molecule has 1 spiro atoms. The lowest BCUT2D eigenvalue weighted by Gasteiger charge is -2.51. The number of methoxy groups -OCH3 is 1. The summed E-state index contributed by atoms with van der Waals surface area (Å²) in [6.45, 7) is 4.79. The van der Waals surface area contributed by atoms with Crippen LogP contribution in [0.3, 0.4) is 0 Å². The van der Waals surface area contributed by atoms with Gasteiger partial charge in [0, 0.05) is 45.2 Å². The number of amides is 3. The average Bonchev–Trinajstić information content (AvgIpc) is 3.02. The Labute approximate surface area is 186 Å². The molecular weight excluding hydrogens is 392 g/mol. The van der Waals surface area contributed by atoms with Gasteiger partial charge in [0.05, 0.1) is 12.1 Å². The highest BCUT2D eigenvalue weighted by molar-refractivity contribution is 5.80. The van der Waals surface area contributed by atoms with Crippen molar-refractivity contribution in [3.8, 4) is 0 Å². The van der Waals surface area contributed by atoms with Gasteiger partial charge in [-0.05, 0) is 52.3 Å². The van der Waals surface area contributed by atoms with Gasteiger partial charge in [0.25, 0.3) is 0 Å². The summed E-state index contributed by atoms with van der Waals surface area (Å²) in [5, 5.41) is 2.83. The van der Waals surface area contributed by atoms with Gasteiger partial charge < -0.3 is 19.9 Å². The van der Waals surface area contributed by atoms with Crippen LogP contribution in [0.1, 0.15) is 44.6 Å². The van der Waals surface area contributed by atoms with E-state index in [0.717, 1.165) is 25.7 Å². The number of carbonyl (C=O) groups excluding carboxylic acids is 2. The van der Waals surface area contributed by atoms with Crippen molar-refractivity contribution in [2.24, 2.45) is 0 Å². The molecule has 1 heterocycles. The van der Waals surface area contributed by atoms with Crippen molar-refractivity contribution in [3.05, 3.63) is 35.9 Å². The van der Waals surface area contributed by atoms with Gasteiger partial charge in [0.2, 0.25) is 5.91 Å². The van der Waals surface area contributed by atoms with E-state index in [-0.39, 0.29) is 23.0 Å². The van der Waals surface area contributed by atoms with E-state index in [9.17, 15) is 9.59 Å². The van der Waals surface area contributed by atoms with E-state index < -0.39 is 0 Å². The Hall–Kier alpha value is -2.12. The number of rotatable bonds is 9. The first kappa shape index (κ1) is 23.5.